The summed E-state index contributed by atoms with van der Waals surface area (Å²) in [5, 5.41) is 12.1. The molecule has 0 aromatic rings. The number of fused-ring (bicyclic) bond motifs is 8. The number of ether oxygens (including phenoxy) is 2. The van der Waals surface area contributed by atoms with Crippen molar-refractivity contribution < 1.29 is 19.0 Å². The number of rotatable bonds is 2. The molecule has 0 bridgehead atoms. The predicted molar refractivity (Wildman–Crippen MR) is 134 cm³/mol. The lowest BCUT2D eigenvalue weighted by Gasteiger charge is -2.64. The first-order valence-corrected chi connectivity index (χ1v) is 16.7. The lowest BCUT2D eigenvalue weighted by Crippen LogP contribution is -2.66. The molecule has 0 spiro atoms. The van der Waals surface area contributed by atoms with Crippen molar-refractivity contribution in [3.8, 4) is 0 Å². The first kappa shape index (κ1) is 24.7. The third kappa shape index (κ3) is 3.57. The van der Waals surface area contributed by atoms with Crippen LogP contribution in [0.1, 0.15) is 93.4 Å². The monoisotopic (exact) mass is 478 g/mol. The highest BCUT2D eigenvalue weighted by atomic mass is 28.4. The standard InChI is InChI=1S/C28H50O4Si/c1-25(2,3)33(8,9)32-20-14-13-17-21-22(19(29)16-28(17,20)7)27(6)15-11-10-12-18(27)23-24(21)31-26(4,5)30-23/h17-24,29H,10-16H2,1-9H3/t17?,18?,19?,20-,21?,22?,23+,24+,27-,28-/m0/s1. The van der Waals surface area contributed by atoms with Gasteiger partial charge in [-0.25, -0.2) is 0 Å². The zero-order valence-electron chi connectivity index (χ0n) is 22.7. The molecule has 4 saturated carbocycles. The fourth-order valence-electron chi connectivity index (χ4n) is 9.03. The molecule has 33 heavy (non-hydrogen) atoms. The van der Waals surface area contributed by atoms with Gasteiger partial charge < -0.3 is 19.0 Å². The van der Waals surface area contributed by atoms with Crippen molar-refractivity contribution in [1.82, 2.24) is 0 Å². The molecule has 0 amide bonds. The van der Waals surface area contributed by atoms with Crippen LogP contribution in [0, 0.1) is 34.5 Å². The molecule has 5 rings (SSSR count). The lowest BCUT2D eigenvalue weighted by atomic mass is 9.43. The van der Waals surface area contributed by atoms with Crippen molar-refractivity contribution in [2.45, 2.75) is 142 Å². The average molecular weight is 479 g/mol. The van der Waals surface area contributed by atoms with Crippen LogP contribution in [0.15, 0.2) is 0 Å². The Labute approximate surface area is 203 Å². The summed E-state index contributed by atoms with van der Waals surface area (Å²) in [4.78, 5) is 0. The van der Waals surface area contributed by atoms with Gasteiger partial charge in [0.15, 0.2) is 14.1 Å². The Bertz CT molecular complexity index is 774. The molecule has 0 radical (unpaired) electrons. The molecular formula is C28H50O4Si. The van der Waals surface area contributed by atoms with Crippen molar-refractivity contribution in [2.24, 2.45) is 34.5 Å². The van der Waals surface area contributed by atoms with E-state index in [1.807, 2.05) is 0 Å². The fraction of sp³-hybridized carbons (Fsp3) is 1.00. The fourth-order valence-corrected chi connectivity index (χ4v) is 10.5. The smallest absolute Gasteiger partial charge is 0.192 e. The van der Waals surface area contributed by atoms with Crippen LogP contribution in [0.3, 0.4) is 0 Å². The molecule has 5 unspecified atom stereocenters. The van der Waals surface area contributed by atoms with Crippen LogP contribution in [0.5, 0.6) is 0 Å². The molecule has 1 heterocycles. The van der Waals surface area contributed by atoms with E-state index in [1.165, 1.54) is 32.1 Å². The Morgan fingerprint density at radius 1 is 0.879 bits per heavy atom. The highest BCUT2D eigenvalue weighted by Gasteiger charge is 2.70. The largest absolute Gasteiger partial charge is 0.413 e. The highest BCUT2D eigenvalue weighted by Crippen LogP contribution is 2.69. The van der Waals surface area contributed by atoms with Crippen molar-refractivity contribution in [3.63, 3.8) is 0 Å². The van der Waals surface area contributed by atoms with Crippen LogP contribution < -0.4 is 0 Å². The summed E-state index contributed by atoms with van der Waals surface area (Å²) in [5.74, 6) is 1.17. The third-order valence-corrected chi connectivity index (χ3v) is 16.0. The Kier molecular flexibility index (Phi) is 5.65. The van der Waals surface area contributed by atoms with Gasteiger partial charge in [0.05, 0.1) is 24.4 Å². The minimum Gasteiger partial charge on any atom is -0.413 e. The highest BCUT2D eigenvalue weighted by molar-refractivity contribution is 6.74. The maximum atomic E-state index is 11.9. The van der Waals surface area contributed by atoms with Gasteiger partial charge in [0, 0.05) is 0 Å². The number of hydrogen-bond donors (Lipinski definition) is 1. The molecule has 0 aromatic heterocycles. The molecule has 190 valence electrons. The maximum absolute atomic E-state index is 11.9. The number of aliphatic hydroxyl groups is 1. The summed E-state index contributed by atoms with van der Waals surface area (Å²) in [5.41, 5.74) is 0.154. The summed E-state index contributed by atoms with van der Waals surface area (Å²) >= 11 is 0. The van der Waals surface area contributed by atoms with E-state index in [0.717, 1.165) is 12.8 Å². The van der Waals surface area contributed by atoms with E-state index in [-0.39, 0.29) is 40.3 Å². The third-order valence-electron chi connectivity index (χ3n) is 11.5. The van der Waals surface area contributed by atoms with Gasteiger partial charge in [-0.3, -0.25) is 0 Å². The van der Waals surface area contributed by atoms with Gasteiger partial charge in [0.25, 0.3) is 0 Å². The van der Waals surface area contributed by atoms with E-state index < -0.39 is 14.1 Å². The van der Waals surface area contributed by atoms with Crippen LogP contribution in [0.25, 0.3) is 0 Å². The summed E-state index contributed by atoms with van der Waals surface area (Å²) in [6, 6.07) is 0. The SMILES string of the molecule is CC1(C)O[C@@H]2C3C(C(O)C[C@@]4(C)C3CC[C@@H]4O[Si](C)(C)C(C)(C)C)[C@@]3(C)CCCCC3[C@H]2O1. The normalized spacial score (nSPS) is 51.5. The topological polar surface area (TPSA) is 47.9 Å². The van der Waals surface area contributed by atoms with Gasteiger partial charge in [-0.05, 0) is 98.6 Å². The van der Waals surface area contributed by atoms with E-state index >= 15 is 0 Å². The van der Waals surface area contributed by atoms with Crippen molar-refractivity contribution in [2.75, 3.05) is 0 Å². The summed E-state index contributed by atoms with van der Waals surface area (Å²) in [6.45, 7) is 20.9. The number of hydrogen-bond acceptors (Lipinski definition) is 4. The van der Waals surface area contributed by atoms with Crippen molar-refractivity contribution >= 4 is 8.32 Å². The van der Waals surface area contributed by atoms with Gasteiger partial charge in [0.2, 0.25) is 0 Å². The molecule has 0 aromatic carbocycles. The van der Waals surface area contributed by atoms with Crippen LogP contribution in [-0.4, -0.2) is 43.6 Å². The Hall–Kier alpha value is 0.0569. The van der Waals surface area contributed by atoms with Crippen molar-refractivity contribution in [3.05, 3.63) is 0 Å². The van der Waals surface area contributed by atoms with Gasteiger partial charge in [-0.2, -0.15) is 0 Å². The van der Waals surface area contributed by atoms with E-state index in [9.17, 15) is 5.11 Å². The lowest BCUT2D eigenvalue weighted by molar-refractivity contribution is -0.219. The first-order chi connectivity index (χ1) is 15.1. The molecule has 4 aliphatic carbocycles. The minimum absolute atomic E-state index is 0.00854. The average Bonchev–Trinajstić information content (AvgIpc) is 3.15. The van der Waals surface area contributed by atoms with Crippen LogP contribution >= 0.6 is 0 Å². The van der Waals surface area contributed by atoms with Crippen LogP contribution in [0.2, 0.25) is 18.1 Å². The molecule has 5 fully saturated rings. The molecular weight excluding hydrogens is 428 g/mol. The molecule has 1 N–H and O–H groups in total. The Balaban J connectivity index is 1.53. The Morgan fingerprint density at radius 2 is 1.55 bits per heavy atom. The maximum Gasteiger partial charge on any atom is 0.192 e. The zero-order valence-corrected chi connectivity index (χ0v) is 23.7. The van der Waals surface area contributed by atoms with Gasteiger partial charge in [0.1, 0.15) is 0 Å². The molecule has 5 heteroatoms. The molecule has 1 aliphatic heterocycles. The minimum atomic E-state index is -1.89. The molecule has 1 saturated heterocycles. The van der Waals surface area contributed by atoms with E-state index in [4.69, 9.17) is 13.9 Å². The van der Waals surface area contributed by atoms with E-state index in [2.05, 4.69) is 61.6 Å². The second-order valence-electron chi connectivity index (χ2n) is 14.9. The second kappa shape index (κ2) is 7.54. The number of aliphatic hydroxyl groups excluding tert-OH is 1. The van der Waals surface area contributed by atoms with Gasteiger partial charge in [-0.15, -0.1) is 0 Å². The summed E-state index contributed by atoms with van der Waals surface area (Å²) in [7, 11) is -1.89. The van der Waals surface area contributed by atoms with E-state index in [0.29, 0.717) is 23.7 Å². The Morgan fingerprint density at radius 3 is 2.21 bits per heavy atom. The van der Waals surface area contributed by atoms with E-state index in [1.54, 1.807) is 0 Å². The molecule has 5 aliphatic rings. The van der Waals surface area contributed by atoms with Crippen molar-refractivity contribution in [1.29, 1.82) is 0 Å². The quantitative estimate of drug-likeness (QED) is 0.459. The van der Waals surface area contributed by atoms with Crippen LogP contribution in [-0.2, 0) is 13.9 Å². The van der Waals surface area contributed by atoms with Gasteiger partial charge >= 0.3 is 0 Å². The summed E-state index contributed by atoms with van der Waals surface area (Å²) < 4.78 is 20.5. The van der Waals surface area contributed by atoms with Crippen LogP contribution in [0.4, 0.5) is 0 Å². The van der Waals surface area contributed by atoms with Gasteiger partial charge in [-0.1, -0.05) is 47.5 Å². The predicted octanol–water partition coefficient (Wildman–Crippen LogP) is 6.52. The summed E-state index contributed by atoms with van der Waals surface area (Å²) in [6.07, 6.45) is 8.41. The first-order valence-electron chi connectivity index (χ1n) is 13.8. The molecule has 10 atom stereocenters. The molecule has 4 nitrogen and oxygen atoms in total. The zero-order chi connectivity index (χ0) is 24.2. The second-order valence-corrected chi connectivity index (χ2v) is 19.6.